The van der Waals surface area contributed by atoms with Crippen molar-refractivity contribution in [3.05, 3.63) is 40.4 Å². The first-order chi connectivity index (χ1) is 13.2. The van der Waals surface area contributed by atoms with Crippen molar-refractivity contribution in [2.24, 2.45) is 11.8 Å². The number of aromatic amines is 1. The molecular formula is C18H18F3N3O4. The minimum Gasteiger partial charge on any atom is -0.481 e. The molecule has 0 saturated carbocycles. The van der Waals surface area contributed by atoms with Crippen LogP contribution in [0.2, 0.25) is 0 Å². The molecule has 1 fully saturated rings. The van der Waals surface area contributed by atoms with Crippen molar-refractivity contribution in [2.45, 2.75) is 25.4 Å². The number of halogens is 3. The average molecular weight is 397 g/mol. The van der Waals surface area contributed by atoms with Crippen LogP contribution in [0.5, 0.6) is 0 Å². The SMILES string of the molecule is O=C(O)[C@@H]1CN(C(=O)CCCc2nc3ccccc3c(=O)[nH]2)C[C@H]1C(F)(F)F. The molecule has 10 heteroatoms. The van der Waals surface area contributed by atoms with Crippen LogP contribution in [-0.4, -0.2) is 51.1 Å². The zero-order chi connectivity index (χ0) is 20.5. The number of carbonyl (C=O) groups is 2. The number of carbonyl (C=O) groups excluding carboxylic acids is 1. The summed E-state index contributed by atoms with van der Waals surface area (Å²) in [5, 5.41) is 9.45. The first-order valence-electron chi connectivity index (χ1n) is 8.72. The monoisotopic (exact) mass is 397 g/mol. The fourth-order valence-corrected chi connectivity index (χ4v) is 3.41. The number of aliphatic carboxylic acids is 1. The van der Waals surface area contributed by atoms with Crippen LogP contribution in [0.3, 0.4) is 0 Å². The molecule has 1 aliphatic heterocycles. The predicted molar refractivity (Wildman–Crippen MR) is 92.6 cm³/mol. The molecule has 1 aliphatic rings. The standard InChI is InChI=1S/C18H18F3N3O4/c19-18(20,21)12-9-24(8-11(12)17(27)28)15(25)7-3-6-14-22-13-5-2-1-4-10(13)16(26)23-14/h1-2,4-5,11-12H,3,6-9H2,(H,27,28)(H,22,23,26)/t11-,12-/m1/s1. The highest BCUT2D eigenvalue weighted by Crippen LogP contribution is 2.37. The second-order valence-corrected chi connectivity index (χ2v) is 6.77. The lowest BCUT2D eigenvalue weighted by atomic mass is 9.96. The van der Waals surface area contributed by atoms with Crippen molar-refractivity contribution in [2.75, 3.05) is 13.1 Å². The van der Waals surface area contributed by atoms with Crippen LogP contribution in [0.15, 0.2) is 29.1 Å². The summed E-state index contributed by atoms with van der Waals surface area (Å²) < 4.78 is 39.0. The Morgan fingerprint density at radius 1 is 1.25 bits per heavy atom. The molecule has 1 aromatic heterocycles. The number of hydrogen-bond donors (Lipinski definition) is 2. The van der Waals surface area contributed by atoms with Crippen molar-refractivity contribution in [1.29, 1.82) is 0 Å². The van der Waals surface area contributed by atoms with Gasteiger partial charge in [-0.1, -0.05) is 12.1 Å². The first-order valence-corrected chi connectivity index (χ1v) is 8.72. The number of carboxylic acid groups (broad SMARTS) is 1. The number of para-hydroxylation sites is 1. The molecule has 2 heterocycles. The normalized spacial score (nSPS) is 19.9. The largest absolute Gasteiger partial charge is 0.481 e. The van der Waals surface area contributed by atoms with E-state index in [0.29, 0.717) is 16.7 Å². The van der Waals surface area contributed by atoms with E-state index in [-0.39, 0.29) is 24.8 Å². The van der Waals surface area contributed by atoms with Gasteiger partial charge in [-0.3, -0.25) is 14.4 Å². The molecule has 1 aromatic carbocycles. The van der Waals surface area contributed by atoms with E-state index in [9.17, 15) is 27.6 Å². The molecule has 0 aliphatic carbocycles. The summed E-state index contributed by atoms with van der Waals surface area (Å²) in [6.07, 6.45) is -4.20. The Balaban J connectivity index is 1.60. The fraction of sp³-hybridized carbons (Fsp3) is 0.444. The summed E-state index contributed by atoms with van der Waals surface area (Å²) in [6.45, 7) is -1.10. The number of hydrogen-bond acceptors (Lipinski definition) is 4. The Kier molecular flexibility index (Phi) is 5.39. The average Bonchev–Trinajstić information content (AvgIpc) is 3.08. The molecule has 2 aromatic rings. The lowest BCUT2D eigenvalue weighted by molar-refractivity contribution is -0.188. The molecule has 0 bridgehead atoms. The highest BCUT2D eigenvalue weighted by molar-refractivity contribution is 5.79. The van der Waals surface area contributed by atoms with Gasteiger partial charge in [0.05, 0.1) is 22.7 Å². The van der Waals surface area contributed by atoms with Gasteiger partial charge in [-0.2, -0.15) is 13.2 Å². The summed E-state index contributed by atoms with van der Waals surface area (Å²) in [5.41, 5.74) is 0.216. The fourth-order valence-electron chi connectivity index (χ4n) is 3.41. The number of amides is 1. The summed E-state index contributed by atoms with van der Waals surface area (Å²) in [6, 6.07) is 6.78. The van der Waals surface area contributed by atoms with Crippen LogP contribution < -0.4 is 5.56 Å². The van der Waals surface area contributed by atoms with Crippen LogP contribution >= 0.6 is 0 Å². The number of H-pyrrole nitrogens is 1. The molecule has 0 radical (unpaired) electrons. The molecule has 28 heavy (non-hydrogen) atoms. The quantitative estimate of drug-likeness (QED) is 0.803. The third-order valence-electron chi connectivity index (χ3n) is 4.88. The Bertz CT molecular complexity index is 957. The Morgan fingerprint density at radius 2 is 1.96 bits per heavy atom. The number of likely N-dealkylation sites (tertiary alicyclic amines) is 1. The van der Waals surface area contributed by atoms with Crippen molar-refractivity contribution in [3.63, 3.8) is 0 Å². The maximum absolute atomic E-state index is 13.0. The molecule has 2 N–H and O–H groups in total. The topological polar surface area (TPSA) is 103 Å². The third kappa shape index (κ3) is 4.15. The first kappa shape index (κ1) is 19.8. The summed E-state index contributed by atoms with van der Waals surface area (Å²) in [7, 11) is 0. The molecule has 2 atom stereocenters. The van der Waals surface area contributed by atoms with Crippen molar-refractivity contribution in [3.8, 4) is 0 Å². The van der Waals surface area contributed by atoms with Gasteiger partial charge in [0.15, 0.2) is 0 Å². The second kappa shape index (κ2) is 7.61. The van der Waals surface area contributed by atoms with Crippen LogP contribution in [0.4, 0.5) is 13.2 Å². The summed E-state index contributed by atoms with van der Waals surface area (Å²) >= 11 is 0. The van der Waals surface area contributed by atoms with E-state index in [1.807, 2.05) is 0 Å². The van der Waals surface area contributed by atoms with Gasteiger partial charge in [-0.05, 0) is 18.6 Å². The number of nitrogens with one attached hydrogen (secondary N) is 1. The Labute approximate surface area is 157 Å². The number of rotatable bonds is 5. The second-order valence-electron chi connectivity index (χ2n) is 6.77. The number of aryl methyl sites for hydroxylation is 1. The van der Waals surface area contributed by atoms with Crippen LogP contribution in [0.25, 0.3) is 10.9 Å². The molecule has 3 rings (SSSR count). The van der Waals surface area contributed by atoms with E-state index in [1.165, 1.54) is 0 Å². The zero-order valence-corrected chi connectivity index (χ0v) is 14.7. The van der Waals surface area contributed by atoms with E-state index in [2.05, 4.69) is 9.97 Å². The molecule has 150 valence electrons. The smallest absolute Gasteiger partial charge is 0.394 e. The van der Waals surface area contributed by atoms with E-state index in [1.54, 1.807) is 24.3 Å². The number of fused-ring (bicyclic) bond motifs is 1. The highest BCUT2D eigenvalue weighted by Gasteiger charge is 2.53. The summed E-state index contributed by atoms with van der Waals surface area (Å²) in [5.74, 6) is -5.43. The Hall–Kier alpha value is -2.91. The van der Waals surface area contributed by atoms with Gasteiger partial charge in [0, 0.05) is 25.9 Å². The van der Waals surface area contributed by atoms with Crippen LogP contribution in [-0.2, 0) is 16.0 Å². The minimum atomic E-state index is -4.67. The third-order valence-corrected chi connectivity index (χ3v) is 4.88. The molecule has 7 nitrogen and oxygen atoms in total. The van der Waals surface area contributed by atoms with Gasteiger partial charge < -0.3 is 15.0 Å². The maximum atomic E-state index is 13.0. The number of benzene rings is 1. The van der Waals surface area contributed by atoms with Crippen LogP contribution in [0.1, 0.15) is 18.7 Å². The van der Waals surface area contributed by atoms with Crippen molar-refractivity contribution in [1.82, 2.24) is 14.9 Å². The van der Waals surface area contributed by atoms with Crippen LogP contribution in [0, 0.1) is 11.8 Å². The van der Waals surface area contributed by atoms with Gasteiger partial charge in [-0.15, -0.1) is 0 Å². The molecule has 1 amide bonds. The lowest BCUT2D eigenvalue weighted by Crippen LogP contribution is -2.34. The molecule has 0 spiro atoms. The van der Waals surface area contributed by atoms with E-state index >= 15 is 0 Å². The number of aromatic nitrogens is 2. The number of alkyl halides is 3. The van der Waals surface area contributed by atoms with Gasteiger partial charge in [-0.25, -0.2) is 4.98 Å². The Morgan fingerprint density at radius 3 is 2.61 bits per heavy atom. The lowest BCUT2D eigenvalue weighted by Gasteiger charge is -2.18. The number of carboxylic acids is 1. The highest BCUT2D eigenvalue weighted by atomic mass is 19.4. The van der Waals surface area contributed by atoms with Gasteiger partial charge >= 0.3 is 12.1 Å². The van der Waals surface area contributed by atoms with E-state index in [4.69, 9.17) is 5.11 Å². The molecule has 1 saturated heterocycles. The van der Waals surface area contributed by atoms with Gasteiger partial charge in [0.1, 0.15) is 5.82 Å². The molecular weight excluding hydrogens is 379 g/mol. The zero-order valence-electron chi connectivity index (χ0n) is 14.7. The van der Waals surface area contributed by atoms with Crippen molar-refractivity contribution < 1.29 is 27.9 Å². The maximum Gasteiger partial charge on any atom is 0.394 e. The van der Waals surface area contributed by atoms with Crippen molar-refractivity contribution >= 4 is 22.8 Å². The summed E-state index contributed by atoms with van der Waals surface area (Å²) in [4.78, 5) is 43.2. The number of nitrogens with zero attached hydrogens (tertiary/aromatic N) is 2. The van der Waals surface area contributed by atoms with Gasteiger partial charge in [0.25, 0.3) is 5.56 Å². The minimum absolute atomic E-state index is 0.0621. The predicted octanol–water partition coefficient (Wildman–Crippen LogP) is 1.97. The molecule has 0 unspecified atom stereocenters. The van der Waals surface area contributed by atoms with Gasteiger partial charge in [0.2, 0.25) is 5.91 Å². The van der Waals surface area contributed by atoms with E-state index in [0.717, 1.165) is 4.90 Å². The van der Waals surface area contributed by atoms with E-state index < -0.39 is 43.0 Å².